The van der Waals surface area contributed by atoms with Crippen molar-refractivity contribution in [2.45, 2.75) is 57.6 Å². The third-order valence-electron chi connectivity index (χ3n) is 5.93. The van der Waals surface area contributed by atoms with Gasteiger partial charge in [0.1, 0.15) is 5.75 Å². The van der Waals surface area contributed by atoms with Crippen LogP contribution >= 0.6 is 11.6 Å². The van der Waals surface area contributed by atoms with Gasteiger partial charge < -0.3 is 14.6 Å². The lowest BCUT2D eigenvalue weighted by molar-refractivity contribution is -0.122. The molecule has 3 heterocycles. The third kappa shape index (κ3) is 4.53. The molecule has 28 heavy (non-hydrogen) atoms. The zero-order valence-electron chi connectivity index (χ0n) is 17.0. The second kappa shape index (κ2) is 8.44. The summed E-state index contributed by atoms with van der Waals surface area (Å²) in [5.41, 5.74) is 3.97. The fraction of sp³-hybridized carbons (Fsp3) is 0.591. The molecule has 0 saturated carbocycles. The summed E-state index contributed by atoms with van der Waals surface area (Å²) in [5.74, 6) is 1.05. The number of likely N-dealkylation sites (tertiary alicyclic amines) is 1. The average molecular weight is 408 g/mol. The van der Waals surface area contributed by atoms with E-state index in [4.69, 9.17) is 31.0 Å². The number of benzene rings is 1. The van der Waals surface area contributed by atoms with Crippen molar-refractivity contribution in [1.29, 1.82) is 0 Å². The lowest BCUT2D eigenvalue weighted by Crippen LogP contribution is -2.46. The van der Waals surface area contributed by atoms with Crippen molar-refractivity contribution in [2.24, 2.45) is 0 Å². The highest BCUT2D eigenvalue weighted by molar-refractivity contribution is 6.30. The maximum absolute atomic E-state index is 8.36. The number of carboxylic acid groups (broad SMARTS) is 1. The second-order valence-electron chi connectivity index (χ2n) is 8.65. The van der Waals surface area contributed by atoms with Gasteiger partial charge in [-0.1, -0.05) is 37.1 Å². The molecule has 0 bridgehead atoms. The summed E-state index contributed by atoms with van der Waals surface area (Å²) in [6.07, 6.45) is 5.59. The highest BCUT2D eigenvalue weighted by Gasteiger charge is 2.37. The van der Waals surface area contributed by atoms with E-state index in [1.807, 2.05) is 0 Å². The van der Waals surface area contributed by atoms with Crippen molar-refractivity contribution >= 4 is 18.1 Å². The maximum atomic E-state index is 8.36. The molecule has 6 heteroatoms. The number of nitrogens with zero attached hydrogens (tertiary/aromatic N) is 1. The van der Waals surface area contributed by atoms with Gasteiger partial charge in [0.05, 0.1) is 18.8 Å². The van der Waals surface area contributed by atoms with Crippen LogP contribution in [0.1, 0.15) is 51.2 Å². The van der Waals surface area contributed by atoms with Crippen LogP contribution in [-0.4, -0.2) is 48.4 Å². The number of ether oxygens (including phenoxy) is 2. The number of piperidine rings is 1. The summed E-state index contributed by atoms with van der Waals surface area (Å²) in [6, 6.07) is 4.15. The van der Waals surface area contributed by atoms with Crippen LogP contribution in [0.2, 0.25) is 5.02 Å². The Morgan fingerprint density at radius 2 is 1.96 bits per heavy atom. The van der Waals surface area contributed by atoms with Crippen molar-refractivity contribution in [2.75, 3.05) is 26.3 Å². The summed E-state index contributed by atoms with van der Waals surface area (Å²) in [5, 5.41) is 7.70. The molecule has 4 rings (SSSR count). The van der Waals surface area contributed by atoms with Gasteiger partial charge in [0.25, 0.3) is 6.47 Å². The van der Waals surface area contributed by atoms with Gasteiger partial charge in [0, 0.05) is 41.2 Å². The van der Waals surface area contributed by atoms with Crippen LogP contribution in [0.5, 0.6) is 5.75 Å². The Bertz CT molecular complexity index is 751. The summed E-state index contributed by atoms with van der Waals surface area (Å²) in [4.78, 5) is 10.9. The van der Waals surface area contributed by atoms with E-state index in [1.165, 1.54) is 16.7 Å². The fourth-order valence-electron chi connectivity index (χ4n) is 4.37. The Morgan fingerprint density at radius 1 is 1.29 bits per heavy atom. The molecule has 1 fully saturated rings. The first-order valence-corrected chi connectivity index (χ1v) is 10.2. The summed E-state index contributed by atoms with van der Waals surface area (Å²) < 4.78 is 12.2. The molecule has 3 aliphatic heterocycles. The molecule has 1 N–H and O–H groups in total. The molecule has 5 nitrogen and oxygen atoms in total. The minimum absolute atomic E-state index is 0.0202. The normalized spacial score (nSPS) is 22.5. The topological polar surface area (TPSA) is 59.0 Å². The van der Waals surface area contributed by atoms with Crippen LogP contribution in [0.3, 0.4) is 0 Å². The SMILES string of the molecule is CC1=CC2(CCN(Cc3cc(Cl)cc4c3OCC4(C)C)CC2)OCC1.O=CO. The standard InChI is InChI=1S/C21H28ClNO2.CH2O2/c1-15-4-9-25-21(12-15)5-7-23(8-6-21)13-16-10-17(22)11-18-19(16)24-14-20(18,2)3;2-1-3/h10-12H,4-9,13-14H2,1-3H3;1H,(H,2,3). The van der Waals surface area contributed by atoms with Gasteiger partial charge in [-0.3, -0.25) is 9.69 Å². The number of hydrogen-bond acceptors (Lipinski definition) is 4. The molecule has 0 amide bonds. The number of hydrogen-bond donors (Lipinski definition) is 1. The van der Waals surface area contributed by atoms with Crippen LogP contribution in [0, 0.1) is 0 Å². The highest BCUT2D eigenvalue weighted by Crippen LogP contribution is 2.43. The van der Waals surface area contributed by atoms with Crippen molar-refractivity contribution in [3.8, 4) is 5.75 Å². The Kier molecular flexibility index (Phi) is 6.37. The molecule has 0 aliphatic carbocycles. The van der Waals surface area contributed by atoms with E-state index in [-0.39, 0.29) is 17.5 Å². The second-order valence-corrected chi connectivity index (χ2v) is 9.09. The molecule has 1 aromatic carbocycles. The Morgan fingerprint density at radius 3 is 2.61 bits per heavy atom. The number of rotatable bonds is 2. The fourth-order valence-corrected chi connectivity index (χ4v) is 4.61. The quantitative estimate of drug-likeness (QED) is 0.581. The molecule has 1 saturated heterocycles. The smallest absolute Gasteiger partial charge is 0.290 e. The van der Waals surface area contributed by atoms with Gasteiger partial charge in [0.15, 0.2) is 0 Å². The average Bonchev–Trinajstić information content (AvgIpc) is 2.93. The lowest BCUT2D eigenvalue weighted by Gasteiger charge is -2.42. The van der Waals surface area contributed by atoms with Crippen molar-refractivity contribution in [3.05, 3.63) is 39.9 Å². The first-order chi connectivity index (χ1) is 13.3. The Balaban J connectivity index is 0.000000706. The van der Waals surface area contributed by atoms with Crippen LogP contribution in [0.4, 0.5) is 0 Å². The molecule has 1 aromatic rings. The van der Waals surface area contributed by atoms with Crippen LogP contribution in [0.15, 0.2) is 23.8 Å². The monoisotopic (exact) mass is 407 g/mol. The van der Waals surface area contributed by atoms with Crippen molar-refractivity contribution in [1.82, 2.24) is 4.90 Å². The lowest BCUT2D eigenvalue weighted by atomic mass is 9.85. The molecule has 3 aliphatic rings. The summed E-state index contributed by atoms with van der Waals surface area (Å²) in [7, 11) is 0. The van der Waals surface area contributed by atoms with Crippen molar-refractivity contribution in [3.63, 3.8) is 0 Å². The zero-order valence-corrected chi connectivity index (χ0v) is 17.7. The van der Waals surface area contributed by atoms with E-state index in [0.717, 1.165) is 62.9 Å². The predicted octanol–water partition coefficient (Wildman–Crippen LogP) is 4.41. The van der Waals surface area contributed by atoms with Gasteiger partial charge in [0.2, 0.25) is 0 Å². The summed E-state index contributed by atoms with van der Waals surface area (Å²) in [6.45, 7) is 11.0. The largest absolute Gasteiger partial charge is 0.492 e. The van der Waals surface area contributed by atoms with Gasteiger partial charge in [-0.25, -0.2) is 0 Å². The minimum Gasteiger partial charge on any atom is -0.492 e. The first-order valence-electron chi connectivity index (χ1n) is 9.87. The third-order valence-corrected chi connectivity index (χ3v) is 6.15. The minimum atomic E-state index is -0.250. The van der Waals surface area contributed by atoms with Crippen LogP contribution < -0.4 is 4.74 Å². The zero-order chi connectivity index (χ0) is 20.4. The van der Waals surface area contributed by atoms with E-state index in [0.29, 0.717) is 0 Å². The van der Waals surface area contributed by atoms with Gasteiger partial charge >= 0.3 is 0 Å². The van der Waals surface area contributed by atoms with Crippen LogP contribution in [-0.2, 0) is 21.5 Å². The highest BCUT2D eigenvalue weighted by atomic mass is 35.5. The molecular formula is C22H30ClNO4. The van der Waals surface area contributed by atoms with E-state index < -0.39 is 0 Å². The van der Waals surface area contributed by atoms with E-state index >= 15 is 0 Å². The first kappa shape index (κ1) is 21.2. The van der Waals surface area contributed by atoms with Crippen molar-refractivity contribution < 1.29 is 19.4 Å². The molecule has 1 spiro atoms. The molecule has 0 unspecified atom stereocenters. The molecule has 0 atom stereocenters. The molecular weight excluding hydrogens is 378 g/mol. The van der Waals surface area contributed by atoms with E-state index in [1.54, 1.807) is 0 Å². The molecule has 0 aromatic heterocycles. The predicted molar refractivity (Wildman–Crippen MR) is 110 cm³/mol. The number of carbonyl (C=O) groups is 1. The van der Waals surface area contributed by atoms with Gasteiger partial charge in [-0.05, 0) is 38.3 Å². The maximum Gasteiger partial charge on any atom is 0.290 e. The summed E-state index contributed by atoms with van der Waals surface area (Å²) >= 11 is 6.40. The van der Waals surface area contributed by atoms with Gasteiger partial charge in [-0.15, -0.1) is 0 Å². The molecule has 0 radical (unpaired) electrons. The number of fused-ring (bicyclic) bond motifs is 1. The van der Waals surface area contributed by atoms with E-state index in [9.17, 15) is 0 Å². The Hall–Kier alpha value is -1.56. The van der Waals surface area contributed by atoms with E-state index in [2.05, 4.69) is 43.9 Å². The molecule has 154 valence electrons. The Labute approximate surface area is 172 Å². The van der Waals surface area contributed by atoms with Gasteiger partial charge in [-0.2, -0.15) is 0 Å². The number of halogens is 1. The van der Waals surface area contributed by atoms with Crippen LogP contribution in [0.25, 0.3) is 0 Å².